The van der Waals surface area contributed by atoms with Crippen molar-refractivity contribution in [3.8, 4) is 0 Å². The van der Waals surface area contributed by atoms with Crippen LogP contribution in [0.3, 0.4) is 0 Å². The number of H-pyrrole nitrogens is 1. The summed E-state index contributed by atoms with van der Waals surface area (Å²) in [6.45, 7) is 0.629. The first kappa shape index (κ1) is 21.4. The van der Waals surface area contributed by atoms with Gasteiger partial charge in [0.25, 0.3) is 5.91 Å². The van der Waals surface area contributed by atoms with Crippen LogP contribution in [0, 0.1) is 5.92 Å². The van der Waals surface area contributed by atoms with Crippen molar-refractivity contribution in [2.45, 2.75) is 25.1 Å². The zero-order valence-corrected chi connectivity index (χ0v) is 18.9. The molecule has 1 fully saturated rings. The number of nitrogens with zero attached hydrogens (tertiary/aromatic N) is 3. The molecular weight excluding hydrogens is 444 g/mol. The summed E-state index contributed by atoms with van der Waals surface area (Å²) in [5.41, 5.74) is 1.85. The molecule has 2 aliphatic rings. The van der Waals surface area contributed by atoms with Gasteiger partial charge in [-0.1, -0.05) is 54.6 Å². The second-order valence-electron chi connectivity index (χ2n) is 9.22. The number of hydrogen-bond donors (Lipinski definition) is 3. The van der Waals surface area contributed by atoms with Gasteiger partial charge in [-0.2, -0.15) is 0 Å². The van der Waals surface area contributed by atoms with Gasteiger partial charge < -0.3 is 15.2 Å². The van der Waals surface area contributed by atoms with Gasteiger partial charge in [-0.05, 0) is 42.5 Å². The lowest BCUT2D eigenvalue weighted by molar-refractivity contribution is -0.0542. The Balaban J connectivity index is 1.44. The Morgan fingerprint density at radius 1 is 1.09 bits per heavy atom. The van der Waals surface area contributed by atoms with Crippen LogP contribution >= 0.6 is 0 Å². The number of imidazole rings is 1. The topological polar surface area (TPSA) is 110 Å². The predicted molar refractivity (Wildman–Crippen MR) is 130 cm³/mol. The van der Waals surface area contributed by atoms with E-state index in [2.05, 4.69) is 9.97 Å². The van der Waals surface area contributed by atoms with Crippen molar-refractivity contribution < 1.29 is 19.8 Å². The van der Waals surface area contributed by atoms with E-state index in [0.717, 1.165) is 18.4 Å². The number of aromatic nitrogens is 2. The van der Waals surface area contributed by atoms with Crippen LogP contribution in [0.5, 0.6) is 0 Å². The molecule has 1 unspecified atom stereocenters. The average Bonchev–Trinajstić information content (AvgIpc) is 3.56. The van der Waals surface area contributed by atoms with Crippen molar-refractivity contribution >= 4 is 29.0 Å². The number of fused-ring (bicyclic) bond motifs is 2. The van der Waals surface area contributed by atoms with Crippen LogP contribution in [0.4, 0.5) is 10.7 Å². The first-order valence-electron chi connectivity index (χ1n) is 11.6. The minimum Gasteiger partial charge on any atom is -0.465 e. The monoisotopic (exact) mass is 468 g/mol. The van der Waals surface area contributed by atoms with Crippen LogP contribution in [0.2, 0.25) is 0 Å². The Morgan fingerprint density at radius 2 is 1.83 bits per heavy atom. The lowest BCUT2D eigenvalue weighted by atomic mass is 9.93. The van der Waals surface area contributed by atoms with Gasteiger partial charge in [0.1, 0.15) is 0 Å². The molecule has 0 saturated heterocycles. The van der Waals surface area contributed by atoms with Gasteiger partial charge in [0.05, 0.1) is 11.0 Å². The number of aliphatic hydroxyl groups is 1. The van der Waals surface area contributed by atoms with Crippen molar-refractivity contribution in [2.24, 2.45) is 5.92 Å². The molecule has 1 atom stereocenters. The fourth-order valence-corrected chi connectivity index (χ4v) is 4.83. The summed E-state index contributed by atoms with van der Waals surface area (Å²) in [4.78, 5) is 35.5. The van der Waals surface area contributed by atoms with E-state index >= 15 is 0 Å². The summed E-state index contributed by atoms with van der Waals surface area (Å²) >= 11 is 0. The standard InChI is InChI=1S/C27H24N4O4/c32-24-20-8-4-5-9-21(20)27(35,31(24)16-17-6-2-1-3-7-17)19-12-13-22-23(14-19)29-25(28-22)30(26(33)34)15-18-10-11-18/h1-9,12-14,18,35H,10-11,15-16H2,(H,28,29)(H,33,34). The zero-order valence-electron chi connectivity index (χ0n) is 18.9. The van der Waals surface area contributed by atoms with Crippen molar-refractivity contribution in [3.05, 3.63) is 95.1 Å². The number of aromatic amines is 1. The van der Waals surface area contributed by atoms with Crippen molar-refractivity contribution in [3.63, 3.8) is 0 Å². The highest BCUT2D eigenvalue weighted by Gasteiger charge is 2.49. The Bertz CT molecular complexity index is 1450. The third-order valence-corrected chi connectivity index (χ3v) is 6.85. The van der Waals surface area contributed by atoms with Crippen LogP contribution in [-0.2, 0) is 12.3 Å². The number of rotatable bonds is 6. The molecule has 0 spiro atoms. The van der Waals surface area contributed by atoms with Crippen molar-refractivity contribution in [1.82, 2.24) is 14.9 Å². The van der Waals surface area contributed by atoms with Crippen LogP contribution in [0.25, 0.3) is 11.0 Å². The lowest BCUT2D eigenvalue weighted by Gasteiger charge is -2.35. The van der Waals surface area contributed by atoms with Crippen LogP contribution in [0.15, 0.2) is 72.8 Å². The lowest BCUT2D eigenvalue weighted by Crippen LogP contribution is -2.44. The second kappa shape index (κ2) is 7.95. The van der Waals surface area contributed by atoms with E-state index in [1.165, 1.54) is 9.80 Å². The number of carbonyl (C=O) groups excluding carboxylic acids is 1. The molecule has 1 aliphatic heterocycles. The van der Waals surface area contributed by atoms with Gasteiger partial charge in [-0.15, -0.1) is 0 Å². The molecule has 0 radical (unpaired) electrons. The summed E-state index contributed by atoms with van der Waals surface area (Å²) in [5.74, 6) is 0.370. The van der Waals surface area contributed by atoms with Crippen LogP contribution in [-0.4, -0.2) is 43.6 Å². The zero-order chi connectivity index (χ0) is 24.2. The Hall–Kier alpha value is -4.17. The maximum atomic E-state index is 13.4. The van der Waals surface area contributed by atoms with Gasteiger partial charge in [-0.3, -0.25) is 9.69 Å². The van der Waals surface area contributed by atoms with E-state index in [-0.39, 0.29) is 18.4 Å². The maximum absolute atomic E-state index is 13.4. The molecule has 176 valence electrons. The molecule has 35 heavy (non-hydrogen) atoms. The molecular formula is C27H24N4O4. The molecule has 1 aromatic heterocycles. The molecule has 3 aromatic carbocycles. The number of carbonyl (C=O) groups is 2. The van der Waals surface area contributed by atoms with E-state index in [1.807, 2.05) is 30.3 Å². The third kappa shape index (κ3) is 3.54. The normalized spacial score (nSPS) is 19.2. The average molecular weight is 469 g/mol. The van der Waals surface area contributed by atoms with Gasteiger partial charge in [0.15, 0.2) is 5.72 Å². The predicted octanol–water partition coefficient (Wildman–Crippen LogP) is 4.31. The fraction of sp³-hybridized carbons (Fsp3) is 0.222. The minimum atomic E-state index is -1.69. The number of anilines is 1. The second-order valence-corrected chi connectivity index (χ2v) is 9.22. The summed E-state index contributed by atoms with van der Waals surface area (Å²) in [6, 6.07) is 21.9. The maximum Gasteiger partial charge on any atom is 0.414 e. The summed E-state index contributed by atoms with van der Waals surface area (Å²) in [7, 11) is 0. The fourth-order valence-electron chi connectivity index (χ4n) is 4.83. The molecule has 6 rings (SSSR count). The van der Waals surface area contributed by atoms with Crippen LogP contribution < -0.4 is 4.90 Å². The number of benzene rings is 3. The van der Waals surface area contributed by atoms with E-state index in [0.29, 0.717) is 40.2 Å². The summed E-state index contributed by atoms with van der Waals surface area (Å²) in [6.07, 6.45) is 0.983. The molecule has 8 nitrogen and oxygen atoms in total. The van der Waals surface area contributed by atoms with E-state index in [4.69, 9.17) is 0 Å². The highest BCUT2D eigenvalue weighted by atomic mass is 16.4. The van der Waals surface area contributed by atoms with Gasteiger partial charge in [-0.25, -0.2) is 14.7 Å². The molecule has 4 aromatic rings. The smallest absolute Gasteiger partial charge is 0.414 e. The van der Waals surface area contributed by atoms with Crippen molar-refractivity contribution in [1.29, 1.82) is 0 Å². The quantitative estimate of drug-likeness (QED) is 0.391. The SMILES string of the molecule is O=C(O)N(CC1CC1)c1nc2ccc(C3(O)c4ccccc4C(=O)N3Cc3ccccc3)cc2[nH]1. The molecule has 2 amide bonds. The Labute approximate surface area is 201 Å². The Morgan fingerprint density at radius 3 is 2.57 bits per heavy atom. The molecule has 0 bridgehead atoms. The molecule has 1 saturated carbocycles. The molecule has 1 aliphatic carbocycles. The largest absolute Gasteiger partial charge is 0.465 e. The summed E-state index contributed by atoms with van der Waals surface area (Å²) < 4.78 is 0. The highest BCUT2D eigenvalue weighted by molar-refractivity contribution is 6.00. The number of nitrogens with one attached hydrogen (secondary N) is 1. The minimum absolute atomic E-state index is 0.227. The van der Waals surface area contributed by atoms with E-state index in [1.54, 1.807) is 42.5 Å². The molecule has 3 N–H and O–H groups in total. The number of hydrogen-bond acceptors (Lipinski definition) is 4. The summed E-state index contributed by atoms with van der Waals surface area (Å²) in [5, 5.41) is 21.9. The molecule has 8 heteroatoms. The van der Waals surface area contributed by atoms with Gasteiger partial charge in [0, 0.05) is 29.8 Å². The third-order valence-electron chi connectivity index (χ3n) is 6.85. The first-order chi connectivity index (χ1) is 16.9. The van der Waals surface area contributed by atoms with Gasteiger partial charge >= 0.3 is 6.09 Å². The van der Waals surface area contributed by atoms with Crippen molar-refractivity contribution in [2.75, 3.05) is 11.4 Å². The Kier molecular flexibility index (Phi) is 4.86. The van der Waals surface area contributed by atoms with E-state index < -0.39 is 11.8 Å². The van der Waals surface area contributed by atoms with Gasteiger partial charge in [0.2, 0.25) is 5.95 Å². The van der Waals surface area contributed by atoms with Crippen LogP contribution in [0.1, 0.15) is 39.9 Å². The highest BCUT2D eigenvalue weighted by Crippen LogP contribution is 2.43. The van der Waals surface area contributed by atoms with E-state index in [9.17, 15) is 19.8 Å². The number of amides is 2. The number of carboxylic acid groups (broad SMARTS) is 1. The first-order valence-corrected chi connectivity index (χ1v) is 11.6. The molecule has 2 heterocycles.